The zero-order valence-corrected chi connectivity index (χ0v) is 9.65. The van der Waals surface area contributed by atoms with Gasteiger partial charge in [-0.1, -0.05) is 11.8 Å². The average Bonchev–Trinajstić information content (AvgIpc) is 2.33. The molecule has 86 valence electrons. The van der Waals surface area contributed by atoms with Crippen LogP contribution in [0.4, 0.5) is 5.69 Å². The van der Waals surface area contributed by atoms with Crippen LogP contribution in [0.2, 0.25) is 0 Å². The molecule has 0 fully saturated rings. The number of benzene rings is 1. The number of nitrogens with zero attached hydrogens (tertiary/aromatic N) is 1. The summed E-state index contributed by atoms with van der Waals surface area (Å²) in [5, 5.41) is 8.82. The van der Waals surface area contributed by atoms with Crippen molar-refractivity contribution in [2.45, 2.75) is 9.79 Å². The Balaban J connectivity index is 2.26. The molecule has 0 aliphatic rings. The van der Waals surface area contributed by atoms with Crippen LogP contribution in [0.3, 0.4) is 0 Å². The number of carboxylic acid groups (broad SMARTS) is 1. The molecule has 0 spiro atoms. The Labute approximate surface area is 102 Å². The molecule has 0 saturated heterocycles. The van der Waals surface area contributed by atoms with Crippen molar-refractivity contribution in [1.82, 2.24) is 4.98 Å². The number of aromatic nitrogens is 1. The highest BCUT2D eigenvalue weighted by Gasteiger charge is 2.07. The third kappa shape index (κ3) is 2.76. The van der Waals surface area contributed by atoms with Crippen LogP contribution in [-0.2, 0) is 0 Å². The number of carbonyl (C=O) groups is 1. The minimum atomic E-state index is -0.975. The summed E-state index contributed by atoms with van der Waals surface area (Å²) in [6.07, 6.45) is 3.40. The summed E-state index contributed by atoms with van der Waals surface area (Å²) in [5.74, 6) is -0.975. The van der Waals surface area contributed by atoms with Crippen LogP contribution in [0.5, 0.6) is 0 Å². The molecular formula is C12H10N2O2S. The lowest BCUT2D eigenvalue weighted by atomic mass is 10.2. The number of aromatic carboxylic acids is 1. The lowest BCUT2D eigenvalue weighted by molar-refractivity contribution is 0.0697. The maximum atomic E-state index is 10.8. The smallest absolute Gasteiger partial charge is 0.335 e. The van der Waals surface area contributed by atoms with Crippen LogP contribution in [-0.4, -0.2) is 16.1 Å². The second-order valence-corrected chi connectivity index (χ2v) is 4.46. The normalized spacial score (nSPS) is 10.1. The van der Waals surface area contributed by atoms with E-state index in [1.807, 2.05) is 12.1 Å². The predicted octanol–water partition coefficient (Wildman–Crippen LogP) is 2.51. The Morgan fingerprint density at radius 1 is 1.24 bits per heavy atom. The van der Waals surface area contributed by atoms with Gasteiger partial charge in [0.1, 0.15) is 0 Å². The molecular weight excluding hydrogens is 236 g/mol. The van der Waals surface area contributed by atoms with E-state index in [-0.39, 0.29) is 5.56 Å². The van der Waals surface area contributed by atoms with Gasteiger partial charge in [-0.15, -0.1) is 0 Å². The van der Waals surface area contributed by atoms with Crippen molar-refractivity contribution in [3.8, 4) is 0 Å². The van der Waals surface area contributed by atoms with Gasteiger partial charge in [0.15, 0.2) is 0 Å². The van der Waals surface area contributed by atoms with Gasteiger partial charge in [-0.05, 0) is 30.3 Å². The lowest BCUT2D eigenvalue weighted by Crippen LogP contribution is -1.98. The molecule has 0 saturated carbocycles. The summed E-state index contributed by atoms with van der Waals surface area (Å²) in [4.78, 5) is 16.5. The standard InChI is InChI=1S/C12H10N2O2S/c13-10-7-8(12(15)16)1-2-11(10)17-9-3-5-14-6-4-9/h1-7H,13H2,(H,15,16). The summed E-state index contributed by atoms with van der Waals surface area (Å²) in [6.45, 7) is 0. The van der Waals surface area contributed by atoms with Gasteiger partial charge in [-0.2, -0.15) is 0 Å². The first kappa shape index (κ1) is 11.5. The number of hydrogen-bond acceptors (Lipinski definition) is 4. The number of nitrogens with two attached hydrogens (primary N) is 1. The Bertz CT molecular complexity index is 543. The van der Waals surface area contributed by atoms with E-state index >= 15 is 0 Å². The first-order chi connectivity index (χ1) is 8.16. The van der Waals surface area contributed by atoms with Gasteiger partial charge in [-0.3, -0.25) is 4.98 Å². The van der Waals surface area contributed by atoms with Crippen molar-refractivity contribution in [3.05, 3.63) is 48.3 Å². The van der Waals surface area contributed by atoms with Crippen LogP contribution >= 0.6 is 11.8 Å². The molecule has 0 aliphatic carbocycles. The van der Waals surface area contributed by atoms with Gasteiger partial charge in [0.2, 0.25) is 0 Å². The Morgan fingerprint density at radius 3 is 2.53 bits per heavy atom. The molecule has 2 aromatic rings. The monoisotopic (exact) mass is 246 g/mol. The van der Waals surface area contributed by atoms with Crippen molar-refractivity contribution < 1.29 is 9.90 Å². The third-order valence-electron chi connectivity index (χ3n) is 2.13. The molecule has 0 amide bonds. The molecule has 1 aromatic heterocycles. The summed E-state index contributed by atoms with van der Waals surface area (Å²) in [6, 6.07) is 8.46. The molecule has 5 heteroatoms. The largest absolute Gasteiger partial charge is 0.478 e. The first-order valence-corrected chi connectivity index (χ1v) is 5.69. The summed E-state index contributed by atoms with van der Waals surface area (Å²) < 4.78 is 0. The molecule has 0 radical (unpaired) electrons. The van der Waals surface area contributed by atoms with Crippen molar-refractivity contribution in [2.24, 2.45) is 0 Å². The van der Waals surface area contributed by atoms with E-state index in [0.717, 1.165) is 9.79 Å². The zero-order valence-electron chi connectivity index (χ0n) is 8.83. The fourth-order valence-electron chi connectivity index (χ4n) is 1.31. The number of anilines is 1. The van der Waals surface area contributed by atoms with Crippen molar-refractivity contribution in [3.63, 3.8) is 0 Å². The lowest BCUT2D eigenvalue weighted by Gasteiger charge is -2.05. The maximum absolute atomic E-state index is 10.8. The van der Waals surface area contributed by atoms with Crippen LogP contribution in [0.25, 0.3) is 0 Å². The molecule has 17 heavy (non-hydrogen) atoms. The van der Waals surface area contributed by atoms with E-state index in [4.69, 9.17) is 10.8 Å². The quantitative estimate of drug-likeness (QED) is 0.814. The molecule has 0 atom stereocenters. The maximum Gasteiger partial charge on any atom is 0.335 e. The van der Waals surface area contributed by atoms with Gasteiger partial charge >= 0.3 is 5.97 Å². The zero-order chi connectivity index (χ0) is 12.3. The van der Waals surface area contributed by atoms with Crippen molar-refractivity contribution in [1.29, 1.82) is 0 Å². The minimum absolute atomic E-state index is 0.196. The molecule has 0 unspecified atom stereocenters. The summed E-state index contributed by atoms with van der Waals surface area (Å²) in [7, 11) is 0. The highest BCUT2D eigenvalue weighted by Crippen LogP contribution is 2.32. The fourth-order valence-corrected chi connectivity index (χ4v) is 2.13. The Hall–Kier alpha value is -2.01. The molecule has 2 rings (SSSR count). The highest BCUT2D eigenvalue weighted by atomic mass is 32.2. The molecule has 1 aromatic carbocycles. The number of carboxylic acids is 1. The van der Waals surface area contributed by atoms with Crippen molar-refractivity contribution in [2.75, 3.05) is 5.73 Å². The summed E-state index contributed by atoms with van der Waals surface area (Å²) in [5.41, 5.74) is 6.47. The van der Waals surface area contributed by atoms with Gasteiger partial charge in [0.25, 0.3) is 0 Å². The van der Waals surface area contributed by atoms with Crippen molar-refractivity contribution >= 4 is 23.4 Å². The SMILES string of the molecule is Nc1cc(C(=O)O)ccc1Sc1ccncc1. The Morgan fingerprint density at radius 2 is 1.94 bits per heavy atom. The van der Waals surface area contributed by atoms with E-state index in [1.165, 1.54) is 17.8 Å². The number of rotatable bonds is 3. The van der Waals surface area contributed by atoms with E-state index in [0.29, 0.717) is 5.69 Å². The average molecular weight is 246 g/mol. The van der Waals surface area contributed by atoms with Crippen LogP contribution in [0.1, 0.15) is 10.4 Å². The summed E-state index contributed by atoms with van der Waals surface area (Å²) >= 11 is 1.48. The Kier molecular flexibility index (Phi) is 3.30. The van der Waals surface area contributed by atoms with Crippen LogP contribution < -0.4 is 5.73 Å². The molecule has 4 nitrogen and oxygen atoms in total. The fraction of sp³-hybridized carbons (Fsp3) is 0. The molecule has 1 heterocycles. The van der Waals surface area contributed by atoms with Gasteiger partial charge in [0.05, 0.1) is 5.56 Å². The van der Waals surface area contributed by atoms with Crippen LogP contribution in [0, 0.1) is 0 Å². The topological polar surface area (TPSA) is 76.2 Å². The number of hydrogen-bond donors (Lipinski definition) is 2. The van der Waals surface area contributed by atoms with Gasteiger partial charge in [0, 0.05) is 27.9 Å². The third-order valence-corrected chi connectivity index (χ3v) is 3.23. The number of pyridine rings is 1. The minimum Gasteiger partial charge on any atom is -0.478 e. The van der Waals surface area contributed by atoms with E-state index in [9.17, 15) is 4.79 Å². The van der Waals surface area contributed by atoms with E-state index in [1.54, 1.807) is 24.5 Å². The van der Waals surface area contributed by atoms with Gasteiger partial charge < -0.3 is 10.8 Å². The van der Waals surface area contributed by atoms with Gasteiger partial charge in [-0.25, -0.2) is 4.79 Å². The first-order valence-electron chi connectivity index (χ1n) is 4.87. The van der Waals surface area contributed by atoms with E-state index < -0.39 is 5.97 Å². The second-order valence-electron chi connectivity index (χ2n) is 3.34. The molecule has 3 N–H and O–H groups in total. The highest BCUT2D eigenvalue weighted by molar-refractivity contribution is 7.99. The number of nitrogen functional groups attached to an aromatic ring is 1. The van der Waals surface area contributed by atoms with E-state index in [2.05, 4.69) is 4.98 Å². The predicted molar refractivity (Wildman–Crippen MR) is 66.2 cm³/mol. The van der Waals surface area contributed by atoms with Crippen LogP contribution in [0.15, 0.2) is 52.5 Å². The second kappa shape index (κ2) is 4.88. The molecule has 0 bridgehead atoms. The molecule has 0 aliphatic heterocycles.